The molecule has 1 saturated carbocycles. The molecule has 1 fully saturated rings. The summed E-state index contributed by atoms with van der Waals surface area (Å²) in [6.07, 6.45) is -3.34. The molecule has 0 atom stereocenters. The van der Waals surface area contributed by atoms with Crippen molar-refractivity contribution >= 4 is 44.2 Å². The van der Waals surface area contributed by atoms with E-state index in [4.69, 9.17) is 0 Å². The summed E-state index contributed by atoms with van der Waals surface area (Å²) in [7, 11) is 0. The predicted molar refractivity (Wildman–Crippen MR) is 132 cm³/mol. The zero-order valence-electron chi connectivity index (χ0n) is 19.1. The van der Waals surface area contributed by atoms with Gasteiger partial charge in [0.25, 0.3) is 0 Å². The van der Waals surface area contributed by atoms with Crippen LogP contribution < -0.4 is 15.4 Å². The summed E-state index contributed by atoms with van der Waals surface area (Å²) >= 11 is 1.34. The number of ether oxygens (including phenoxy) is 1. The number of rotatable bonds is 7. The van der Waals surface area contributed by atoms with Crippen molar-refractivity contribution in [1.29, 1.82) is 0 Å². The van der Waals surface area contributed by atoms with Gasteiger partial charge in [-0.2, -0.15) is 0 Å². The minimum absolute atomic E-state index is 0.0298. The van der Waals surface area contributed by atoms with Crippen LogP contribution in [0.25, 0.3) is 21.3 Å². The van der Waals surface area contributed by atoms with Crippen molar-refractivity contribution in [1.82, 2.24) is 4.98 Å². The van der Waals surface area contributed by atoms with E-state index in [-0.39, 0.29) is 29.5 Å². The van der Waals surface area contributed by atoms with Crippen molar-refractivity contribution < 1.29 is 31.9 Å². The van der Waals surface area contributed by atoms with Crippen LogP contribution in [-0.4, -0.2) is 23.2 Å². The first-order valence-electron chi connectivity index (χ1n) is 11.3. The quantitative estimate of drug-likeness (QED) is 0.267. The zero-order chi connectivity index (χ0) is 26.2. The monoisotopic (exact) mass is 529 g/mol. The maximum Gasteiger partial charge on any atom is 0.573 e. The molecule has 1 aliphatic carbocycles. The minimum atomic E-state index is -4.85. The van der Waals surface area contributed by atoms with Crippen molar-refractivity contribution in [2.24, 2.45) is 5.92 Å². The number of hydrogen-bond donors (Lipinski definition) is 2. The highest BCUT2D eigenvalue weighted by molar-refractivity contribution is 7.22. The van der Waals surface area contributed by atoms with Crippen LogP contribution in [-0.2, 0) is 16.0 Å². The van der Waals surface area contributed by atoms with E-state index in [2.05, 4.69) is 20.4 Å². The molecule has 0 radical (unpaired) electrons. The molecule has 1 aliphatic rings. The van der Waals surface area contributed by atoms with E-state index in [1.807, 2.05) is 6.07 Å². The molecule has 3 aromatic carbocycles. The van der Waals surface area contributed by atoms with Crippen LogP contribution in [0.4, 0.5) is 28.4 Å². The van der Waals surface area contributed by atoms with E-state index in [1.54, 1.807) is 18.2 Å². The number of nitrogens with zero attached hydrogens (tertiary/aromatic N) is 1. The summed E-state index contributed by atoms with van der Waals surface area (Å²) in [5, 5.41) is 5.83. The maximum atomic E-state index is 14.5. The molecule has 190 valence electrons. The number of fused-ring (bicyclic) bond motifs is 1. The third kappa shape index (κ3) is 6.23. The van der Waals surface area contributed by atoms with Gasteiger partial charge in [0.1, 0.15) is 11.6 Å². The van der Waals surface area contributed by atoms with Gasteiger partial charge in [-0.25, -0.2) is 9.37 Å². The molecule has 4 aromatic rings. The number of anilines is 2. The van der Waals surface area contributed by atoms with E-state index in [1.165, 1.54) is 35.6 Å². The summed E-state index contributed by atoms with van der Waals surface area (Å²) in [5.74, 6) is -1.67. The Morgan fingerprint density at radius 2 is 1.76 bits per heavy atom. The Kier molecular flexibility index (Phi) is 6.55. The van der Waals surface area contributed by atoms with Gasteiger partial charge in [0.2, 0.25) is 11.8 Å². The first kappa shape index (κ1) is 24.7. The highest BCUT2D eigenvalue weighted by atomic mass is 32.1. The summed E-state index contributed by atoms with van der Waals surface area (Å²) < 4.78 is 56.5. The Hall–Kier alpha value is -3.99. The van der Waals surface area contributed by atoms with Crippen LogP contribution in [0.5, 0.6) is 5.75 Å². The van der Waals surface area contributed by atoms with Crippen LogP contribution >= 0.6 is 11.3 Å². The predicted octanol–water partition coefficient (Wildman–Crippen LogP) is 6.53. The molecule has 5 rings (SSSR count). The number of aromatic nitrogens is 1. The standard InChI is InChI=1S/C26H19F4N3O3S/c27-19-8-6-16(17-7-9-20-22(13-17)37-25(32-20)33-24(35)15-4-5-15)12-21(19)31-23(34)11-14-2-1-3-18(10-14)36-26(28,29)30/h1-3,6-10,12-13,15H,4-5,11H2,(H,31,34)(H,32,33,35). The number of amides is 2. The van der Waals surface area contributed by atoms with E-state index in [0.29, 0.717) is 16.2 Å². The molecule has 11 heteroatoms. The SMILES string of the molecule is O=C(Cc1cccc(OC(F)(F)F)c1)Nc1cc(-c2ccc3nc(NC(=O)C4CC4)sc3c2)ccc1F. The number of carbonyl (C=O) groups excluding carboxylic acids is 2. The number of halogens is 4. The van der Waals surface area contributed by atoms with Crippen molar-refractivity contribution in [3.8, 4) is 16.9 Å². The Morgan fingerprint density at radius 1 is 1.00 bits per heavy atom. The topological polar surface area (TPSA) is 80.3 Å². The van der Waals surface area contributed by atoms with Crippen molar-refractivity contribution in [2.75, 3.05) is 10.6 Å². The Labute approximate surface area is 212 Å². The van der Waals surface area contributed by atoms with Gasteiger partial charge in [-0.1, -0.05) is 35.6 Å². The van der Waals surface area contributed by atoms with Crippen LogP contribution in [0.3, 0.4) is 0 Å². The van der Waals surface area contributed by atoms with Gasteiger partial charge in [0.05, 0.1) is 22.3 Å². The summed E-state index contributed by atoms with van der Waals surface area (Å²) in [4.78, 5) is 29.0. The fourth-order valence-corrected chi connectivity index (χ4v) is 4.65. The molecular formula is C26H19F4N3O3S. The number of nitrogens with one attached hydrogen (secondary N) is 2. The van der Waals surface area contributed by atoms with E-state index in [9.17, 15) is 27.2 Å². The van der Waals surface area contributed by atoms with Gasteiger partial charge < -0.3 is 15.4 Å². The fraction of sp³-hybridized carbons (Fsp3) is 0.192. The van der Waals surface area contributed by atoms with Crippen LogP contribution in [0, 0.1) is 11.7 Å². The molecule has 6 nitrogen and oxygen atoms in total. The molecule has 37 heavy (non-hydrogen) atoms. The Bertz CT molecular complexity index is 1500. The maximum absolute atomic E-state index is 14.5. The van der Waals surface area contributed by atoms with Gasteiger partial charge in [-0.05, 0) is 65.9 Å². The third-order valence-corrected chi connectivity index (χ3v) is 6.57. The molecule has 0 bridgehead atoms. The Balaban J connectivity index is 1.30. The number of thiazole rings is 1. The van der Waals surface area contributed by atoms with Crippen LogP contribution in [0.15, 0.2) is 60.7 Å². The highest BCUT2D eigenvalue weighted by Gasteiger charge is 2.31. The first-order chi connectivity index (χ1) is 17.6. The summed E-state index contributed by atoms with van der Waals surface area (Å²) in [6, 6.07) is 14.8. The van der Waals surface area contributed by atoms with E-state index >= 15 is 0 Å². The molecule has 0 aliphatic heterocycles. The van der Waals surface area contributed by atoms with Crippen LogP contribution in [0.2, 0.25) is 0 Å². The highest BCUT2D eigenvalue weighted by Crippen LogP contribution is 2.34. The number of hydrogen-bond acceptors (Lipinski definition) is 5. The zero-order valence-corrected chi connectivity index (χ0v) is 19.9. The van der Waals surface area contributed by atoms with Crippen molar-refractivity contribution in [3.63, 3.8) is 0 Å². The van der Waals surface area contributed by atoms with Gasteiger partial charge in [-0.3, -0.25) is 9.59 Å². The number of benzene rings is 3. The van der Waals surface area contributed by atoms with E-state index in [0.717, 1.165) is 35.2 Å². The molecular weight excluding hydrogens is 510 g/mol. The molecule has 0 unspecified atom stereocenters. The lowest BCUT2D eigenvalue weighted by Crippen LogP contribution is -2.18. The normalized spacial score (nSPS) is 13.4. The second-order valence-electron chi connectivity index (χ2n) is 8.58. The lowest BCUT2D eigenvalue weighted by atomic mass is 10.0. The number of alkyl halides is 3. The van der Waals surface area contributed by atoms with Crippen molar-refractivity contribution in [3.05, 3.63) is 72.0 Å². The van der Waals surface area contributed by atoms with Crippen LogP contribution in [0.1, 0.15) is 18.4 Å². The second kappa shape index (κ2) is 9.81. The molecule has 2 amide bonds. The summed E-state index contributed by atoms with van der Waals surface area (Å²) in [5.41, 5.74) is 2.31. The second-order valence-corrected chi connectivity index (χ2v) is 9.61. The average molecular weight is 530 g/mol. The largest absolute Gasteiger partial charge is 0.573 e. The lowest BCUT2D eigenvalue weighted by Gasteiger charge is -2.11. The first-order valence-corrected chi connectivity index (χ1v) is 12.1. The van der Waals surface area contributed by atoms with Gasteiger partial charge >= 0.3 is 6.36 Å². The van der Waals surface area contributed by atoms with Crippen molar-refractivity contribution in [2.45, 2.75) is 25.6 Å². The fourth-order valence-electron chi connectivity index (χ4n) is 3.74. The van der Waals surface area contributed by atoms with Gasteiger partial charge in [-0.15, -0.1) is 13.2 Å². The average Bonchev–Trinajstić information content (AvgIpc) is 3.60. The number of carbonyl (C=O) groups is 2. The molecule has 1 heterocycles. The molecule has 1 aromatic heterocycles. The minimum Gasteiger partial charge on any atom is -0.406 e. The van der Waals surface area contributed by atoms with Gasteiger partial charge in [0.15, 0.2) is 5.13 Å². The Morgan fingerprint density at radius 3 is 2.51 bits per heavy atom. The summed E-state index contributed by atoms with van der Waals surface area (Å²) in [6.45, 7) is 0. The smallest absolute Gasteiger partial charge is 0.406 e. The molecule has 2 N–H and O–H groups in total. The van der Waals surface area contributed by atoms with Gasteiger partial charge in [0, 0.05) is 5.92 Å². The lowest BCUT2D eigenvalue weighted by molar-refractivity contribution is -0.274. The van der Waals surface area contributed by atoms with E-state index < -0.39 is 23.8 Å². The third-order valence-electron chi connectivity index (χ3n) is 5.64. The molecule has 0 saturated heterocycles. The molecule has 0 spiro atoms.